The first-order valence-electron chi connectivity index (χ1n) is 9.77. The van der Waals surface area contributed by atoms with Gasteiger partial charge in [0.15, 0.2) is 17.3 Å². The van der Waals surface area contributed by atoms with Crippen LogP contribution < -0.4 is 10.6 Å². The molecule has 0 radical (unpaired) electrons. The molecular weight excluding hydrogens is 361 g/mol. The first kappa shape index (κ1) is 17.4. The van der Waals surface area contributed by atoms with Gasteiger partial charge in [-0.1, -0.05) is 0 Å². The first-order chi connectivity index (χ1) is 13.6. The van der Waals surface area contributed by atoms with E-state index in [1.807, 2.05) is 0 Å². The van der Waals surface area contributed by atoms with Crippen molar-refractivity contribution in [2.24, 2.45) is 11.8 Å². The SMILES string of the molecule is O=c1[nH]c2ncccc2n1-c1nc(N2CCCC(C(O)C3CC3)C2)ccc1F. The van der Waals surface area contributed by atoms with Crippen LogP contribution in [0.2, 0.25) is 0 Å². The van der Waals surface area contributed by atoms with Crippen LogP contribution in [0, 0.1) is 17.7 Å². The van der Waals surface area contributed by atoms with Crippen molar-refractivity contribution < 1.29 is 9.50 Å². The maximum atomic E-state index is 14.6. The van der Waals surface area contributed by atoms with Gasteiger partial charge in [0.1, 0.15) is 5.82 Å². The number of anilines is 1. The van der Waals surface area contributed by atoms with Crippen LogP contribution >= 0.6 is 0 Å². The lowest BCUT2D eigenvalue weighted by Gasteiger charge is -2.36. The van der Waals surface area contributed by atoms with Gasteiger partial charge in [-0.15, -0.1) is 0 Å². The molecule has 3 aromatic rings. The molecule has 1 aliphatic heterocycles. The summed E-state index contributed by atoms with van der Waals surface area (Å²) in [6.07, 6.45) is 5.46. The molecule has 2 unspecified atom stereocenters. The fraction of sp³-hybridized carbons (Fsp3) is 0.450. The predicted molar refractivity (Wildman–Crippen MR) is 103 cm³/mol. The van der Waals surface area contributed by atoms with Gasteiger partial charge in [0, 0.05) is 25.2 Å². The Morgan fingerprint density at radius 1 is 1.21 bits per heavy atom. The number of fused-ring (bicyclic) bond motifs is 1. The Hall–Kier alpha value is -2.74. The van der Waals surface area contributed by atoms with E-state index in [4.69, 9.17) is 0 Å². The molecule has 2 fully saturated rings. The Morgan fingerprint density at radius 2 is 2.07 bits per heavy atom. The number of piperidine rings is 1. The molecule has 2 N–H and O–H groups in total. The zero-order valence-corrected chi connectivity index (χ0v) is 15.4. The quantitative estimate of drug-likeness (QED) is 0.722. The Bertz CT molecular complexity index is 1070. The molecule has 0 aromatic carbocycles. The van der Waals surface area contributed by atoms with Gasteiger partial charge in [-0.3, -0.25) is 4.98 Å². The van der Waals surface area contributed by atoms with Gasteiger partial charge < -0.3 is 10.0 Å². The minimum Gasteiger partial charge on any atom is -0.392 e. The molecule has 1 aliphatic carbocycles. The van der Waals surface area contributed by atoms with E-state index in [1.54, 1.807) is 24.4 Å². The lowest BCUT2D eigenvalue weighted by atomic mass is 9.90. The maximum absolute atomic E-state index is 14.6. The van der Waals surface area contributed by atoms with Gasteiger partial charge in [0.2, 0.25) is 0 Å². The highest BCUT2D eigenvalue weighted by atomic mass is 19.1. The van der Waals surface area contributed by atoms with Gasteiger partial charge in [-0.25, -0.2) is 23.7 Å². The fourth-order valence-corrected chi connectivity index (χ4v) is 4.22. The number of aromatic nitrogens is 4. The third kappa shape index (κ3) is 2.97. The van der Waals surface area contributed by atoms with Crippen molar-refractivity contribution in [3.05, 3.63) is 46.8 Å². The Morgan fingerprint density at radius 3 is 2.89 bits per heavy atom. The molecular formula is C20H22FN5O2. The zero-order valence-electron chi connectivity index (χ0n) is 15.4. The second-order valence-corrected chi connectivity index (χ2v) is 7.79. The molecule has 2 aliphatic rings. The summed E-state index contributed by atoms with van der Waals surface area (Å²) in [6, 6.07) is 6.39. The number of halogens is 1. The fourth-order valence-electron chi connectivity index (χ4n) is 4.22. The Kier molecular flexibility index (Phi) is 4.16. The third-order valence-electron chi connectivity index (χ3n) is 5.85. The molecule has 1 saturated carbocycles. The number of aromatic amines is 1. The van der Waals surface area contributed by atoms with Crippen molar-refractivity contribution in [2.45, 2.75) is 31.8 Å². The molecule has 8 heteroatoms. The number of pyridine rings is 2. The Balaban J connectivity index is 1.51. The molecule has 3 aromatic heterocycles. The molecule has 0 spiro atoms. The summed E-state index contributed by atoms with van der Waals surface area (Å²) in [5, 5.41) is 10.5. The predicted octanol–water partition coefficient (Wildman–Crippen LogP) is 2.24. The van der Waals surface area contributed by atoms with Crippen molar-refractivity contribution >= 4 is 17.0 Å². The molecule has 2 atom stereocenters. The highest BCUT2D eigenvalue weighted by Crippen LogP contribution is 2.38. The van der Waals surface area contributed by atoms with Crippen molar-refractivity contribution in [1.29, 1.82) is 0 Å². The van der Waals surface area contributed by atoms with Crippen LogP contribution in [0.1, 0.15) is 25.7 Å². The number of rotatable bonds is 4. The van der Waals surface area contributed by atoms with Crippen LogP contribution in [0.5, 0.6) is 0 Å². The molecule has 28 heavy (non-hydrogen) atoms. The highest BCUT2D eigenvalue weighted by molar-refractivity contribution is 5.72. The largest absolute Gasteiger partial charge is 0.392 e. The summed E-state index contributed by atoms with van der Waals surface area (Å²) in [7, 11) is 0. The van der Waals surface area contributed by atoms with E-state index < -0.39 is 11.5 Å². The normalized spacial score (nSPS) is 21.2. The lowest BCUT2D eigenvalue weighted by Crippen LogP contribution is -2.41. The van der Waals surface area contributed by atoms with E-state index in [2.05, 4.69) is 19.9 Å². The summed E-state index contributed by atoms with van der Waals surface area (Å²) in [6.45, 7) is 1.50. The monoisotopic (exact) mass is 383 g/mol. The van der Waals surface area contributed by atoms with E-state index >= 15 is 0 Å². The van der Waals surface area contributed by atoms with E-state index in [9.17, 15) is 14.3 Å². The second-order valence-electron chi connectivity index (χ2n) is 7.79. The number of imidazole rings is 1. The van der Waals surface area contributed by atoms with Crippen molar-refractivity contribution in [2.75, 3.05) is 18.0 Å². The highest BCUT2D eigenvalue weighted by Gasteiger charge is 2.37. The molecule has 0 bridgehead atoms. The standard InChI is InChI=1S/C20H22FN5O2/c21-14-7-8-16(25-10-2-3-13(11-25)17(27)12-5-6-12)23-19(14)26-15-4-1-9-22-18(15)24-20(26)28/h1,4,7-9,12-13,17,27H,2-3,5-6,10-11H2,(H,22,24,28). The third-order valence-corrected chi connectivity index (χ3v) is 5.85. The maximum Gasteiger partial charge on any atom is 0.333 e. The summed E-state index contributed by atoms with van der Waals surface area (Å²) in [5.74, 6) is 0.651. The summed E-state index contributed by atoms with van der Waals surface area (Å²) < 4.78 is 15.8. The number of hydrogen-bond donors (Lipinski definition) is 2. The average molecular weight is 383 g/mol. The number of H-pyrrole nitrogens is 1. The van der Waals surface area contributed by atoms with Crippen LogP contribution in [0.15, 0.2) is 35.3 Å². The number of nitrogens with one attached hydrogen (secondary N) is 1. The van der Waals surface area contributed by atoms with Gasteiger partial charge in [0.25, 0.3) is 0 Å². The molecule has 7 nitrogen and oxygen atoms in total. The van der Waals surface area contributed by atoms with E-state index in [0.29, 0.717) is 29.4 Å². The van der Waals surface area contributed by atoms with Crippen LogP contribution in [0.4, 0.5) is 10.2 Å². The first-order valence-corrected chi connectivity index (χ1v) is 9.77. The summed E-state index contributed by atoms with van der Waals surface area (Å²) >= 11 is 0. The Labute approximate surface area is 160 Å². The van der Waals surface area contributed by atoms with Gasteiger partial charge in [-0.2, -0.15) is 0 Å². The van der Waals surface area contributed by atoms with E-state index in [1.165, 1.54) is 10.6 Å². The van der Waals surface area contributed by atoms with Crippen molar-refractivity contribution in [3.8, 4) is 5.82 Å². The number of aliphatic hydroxyl groups excluding tert-OH is 1. The summed E-state index contributed by atoms with van der Waals surface area (Å²) in [5.41, 5.74) is 0.402. The van der Waals surface area contributed by atoms with Gasteiger partial charge in [-0.05, 0) is 55.9 Å². The van der Waals surface area contributed by atoms with Crippen LogP contribution in [0.25, 0.3) is 17.0 Å². The minimum absolute atomic E-state index is 0.0355. The van der Waals surface area contributed by atoms with Crippen LogP contribution in [-0.2, 0) is 0 Å². The molecule has 1 saturated heterocycles. The summed E-state index contributed by atoms with van der Waals surface area (Å²) in [4.78, 5) is 25.7. The minimum atomic E-state index is -0.567. The average Bonchev–Trinajstić information content (AvgIpc) is 3.51. The number of nitrogens with zero attached hydrogens (tertiary/aromatic N) is 4. The molecule has 4 heterocycles. The second kappa shape index (κ2) is 6.70. The molecule has 5 rings (SSSR count). The van der Waals surface area contributed by atoms with Crippen molar-refractivity contribution in [3.63, 3.8) is 0 Å². The van der Waals surface area contributed by atoms with E-state index in [-0.39, 0.29) is 17.8 Å². The zero-order chi connectivity index (χ0) is 19.3. The number of hydrogen-bond acceptors (Lipinski definition) is 5. The van der Waals surface area contributed by atoms with E-state index in [0.717, 1.165) is 32.2 Å². The topological polar surface area (TPSA) is 87.0 Å². The van der Waals surface area contributed by atoms with Gasteiger partial charge >= 0.3 is 5.69 Å². The molecule has 0 amide bonds. The number of aliphatic hydroxyl groups is 1. The van der Waals surface area contributed by atoms with Gasteiger partial charge in [0.05, 0.1) is 11.6 Å². The van der Waals surface area contributed by atoms with Crippen LogP contribution in [-0.4, -0.2) is 43.8 Å². The lowest BCUT2D eigenvalue weighted by molar-refractivity contribution is 0.0778. The molecule has 146 valence electrons. The van der Waals surface area contributed by atoms with Crippen molar-refractivity contribution in [1.82, 2.24) is 19.5 Å². The smallest absolute Gasteiger partial charge is 0.333 e. The van der Waals surface area contributed by atoms with Crippen LogP contribution in [0.3, 0.4) is 0 Å².